The van der Waals surface area contributed by atoms with Crippen LogP contribution in [-0.2, 0) is 0 Å². The number of rotatable bonds is 5. The minimum Gasteiger partial charge on any atom is -0.393 e. The first-order chi connectivity index (χ1) is 7.13. The van der Waals surface area contributed by atoms with E-state index in [1.807, 2.05) is 0 Å². The minimum absolute atomic E-state index is 0.584. The molecule has 0 aliphatic heterocycles. The maximum Gasteiger partial charge on any atom is 0.0745 e. The normalized spacial score (nSPS) is 10.0. The number of hydrogen-bond acceptors (Lipinski definition) is 2. The van der Waals surface area contributed by atoms with Crippen molar-refractivity contribution in [1.29, 1.82) is 0 Å². The summed E-state index contributed by atoms with van der Waals surface area (Å²) in [6, 6.07) is 8.48. The molecule has 0 bridgehead atoms. The molecule has 3 heteroatoms. The monoisotopic (exact) mass is 222 g/mol. The van der Waals surface area contributed by atoms with Gasteiger partial charge in [0.2, 0.25) is 0 Å². The summed E-state index contributed by atoms with van der Waals surface area (Å²) in [5, 5.41) is 0. The maximum atomic E-state index is 5.51. The molecular weight excluding hydrogens is 204 g/mol. The summed E-state index contributed by atoms with van der Waals surface area (Å²) in [6.45, 7) is 6.12. The van der Waals surface area contributed by atoms with Crippen LogP contribution >= 0.6 is 12.2 Å². The van der Waals surface area contributed by atoms with Crippen LogP contribution < -0.4 is 10.6 Å². The summed E-state index contributed by atoms with van der Waals surface area (Å²) in [5.41, 5.74) is 8.03. The average molecular weight is 222 g/mol. The lowest BCUT2D eigenvalue weighted by molar-refractivity contribution is 0.837. The van der Waals surface area contributed by atoms with Gasteiger partial charge in [-0.2, -0.15) is 0 Å². The summed E-state index contributed by atoms with van der Waals surface area (Å²) < 4.78 is 0. The number of nitrogens with two attached hydrogens (primary N) is 1. The van der Waals surface area contributed by atoms with Gasteiger partial charge < -0.3 is 10.6 Å². The highest BCUT2D eigenvalue weighted by atomic mass is 32.1. The van der Waals surface area contributed by atoms with E-state index in [4.69, 9.17) is 18.0 Å². The zero-order chi connectivity index (χ0) is 11.3. The molecule has 0 atom stereocenters. The Morgan fingerprint density at radius 2 is 2.20 bits per heavy atom. The van der Waals surface area contributed by atoms with E-state index in [1.54, 1.807) is 0 Å². The number of nitrogens with zero attached hydrogens (tertiary/aromatic N) is 1. The Labute approximate surface area is 97.1 Å². The van der Waals surface area contributed by atoms with E-state index in [2.05, 4.69) is 43.0 Å². The quantitative estimate of drug-likeness (QED) is 0.776. The molecule has 0 aliphatic rings. The van der Waals surface area contributed by atoms with E-state index >= 15 is 0 Å². The van der Waals surface area contributed by atoms with E-state index in [1.165, 1.54) is 11.3 Å². The van der Waals surface area contributed by atoms with Gasteiger partial charge in [0, 0.05) is 25.2 Å². The van der Waals surface area contributed by atoms with E-state index < -0.39 is 0 Å². The number of thiocarbonyl (C=S) groups is 1. The van der Waals surface area contributed by atoms with Crippen LogP contribution in [0.15, 0.2) is 24.3 Å². The second-order valence-corrected chi connectivity index (χ2v) is 4.16. The van der Waals surface area contributed by atoms with Gasteiger partial charge in [0.25, 0.3) is 0 Å². The van der Waals surface area contributed by atoms with Gasteiger partial charge in [0.1, 0.15) is 0 Å². The number of hydrogen-bond donors (Lipinski definition) is 1. The van der Waals surface area contributed by atoms with Crippen LogP contribution in [0.1, 0.15) is 18.9 Å². The first-order valence-electron chi connectivity index (χ1n) is 5.23. The molecule has 0 unspecified atom stereocenters. The Bertz CT molecular complexity index is 336. The zero-order valence-electron chi connectivity index (χ0n) is 9.36. The van der Waals surface area contributed by atoms with Crippen molar-refractivity contribution in [2.75, 3.05) is 18.0 Å². The number of benzene rings is 1. The van der Waals surface area contributed by atoms with E-state index in [0.717, 1.165) is 19.5 Å². The van der Waals surface area contributed by atoms with Crippen LogP contribution in [0.25, 0.3) is 0 Å². The fourth-order valence-electron chi connectivity index (χ4n) is 1.54. The van der Waals surface area contributed by atoms with Crippen molar-refractivity contribution >= 4 is 22.9 Å². The van der Waals surface area contributed by atoms with Crippen molar-refractivity contribution in [3.8, 4) is 0 Å². The van der Waals surface area contributed by atoms with E-state index in [9.17, 15) is 0 Å². The highest BCUT2D eigenvalue weighted by Crippen LogP contribution is 2.15. The molecule has 82 valence electrons. The molecular formula is C12H18N2S. The molecule has 0 fully saturated rings. The molecule has 0 aliphatic carbocycles. The first kappa shape index (κ1) is 12.0. The van der Waals surface area contributed by atoms with Gasteiger partial charge in [-0.25, -0.2) is 0 Å². The molecule has 0 heterocycles. The van der Waals surface area contributed by atoms with Crippen molar-refractivity contribution < 1.29 is 0 Å². The Balaban J connectivity index is 2.69. The van der Waals surface area contributed by atoms with E-state index in [0.29, 0.717) is 4.99 Å². The third kappa shape index (κ3) is 3.88. The smallest absolute Gasteiger partial charge is 0.0745 e. The molecule has 15 heavy (non-hydrogen) atoms. The van der Waals surface area contributed by atoms with Crippen molar-refractivity contribution in [3.05, 3.63) is 29.8 Å². The molecule has 0 spiro atoms. The molecule has 1 aromatic carbocycles. The van der Waals surface area contributed by atoms with Crippen LogP contribution in [0.5, 0.6) is 0 Å². The van der Waals surface area contributed by atoms with Gasteiger partial charge in [0.05, 0.1) is 4.99 Å². The van der Waals surface area contributed by atoms with Crippen LogP contribution in [-0.4, -0.2) is 18.1 Å². The molecule has 0 radical (unpaired) electrons. The SMILES string of the molecule is CCN(CCC(N)=S)c1cccc(C)c1. The second kappa shape index (κ2) is 5.71. The van der Waals surface area contributed by atoms with Crippen LogP contribution in [0.4, 0.5) is 5.69 Å². The Hall–Kier alpha value is -1.09. The summed E-state index contributed by atoms with van der Waals surface area (Å²) >= 11 is 4.89. The van der Waals surface area contributed by atoms with Gasteiger partial charge in [-0.1, -0.05) is 24.4 Å². The average Bonchev–Trinajstić information content (AvgIpc) is 2.18. The van der Waals surface area contributed by atoms with Gasteiger partial charge in [-0.05, 0) is 31.5 Å². The zero-order valence-corrected chi connectivity index (χ0v) is 10.2. The lowest BCUT2D eigenvalue weighted by Gasteiger charge is -2.23. The molecule has 1 rings (SSSR count). The van der Waals surface area contributed by atoms with Crippen LogP contribution in [0.2, 0.25) is 0 Å². The van der Waals surface area contributed by atoms with E-state index in [-0.39, 0.29) is 0 Å². The van der Waals surface area contributed by atoms with Gasteiger partial charge >= 0.3 is 0 Å². The highest BCUT2D eigenvalue weighted by Gasteiger charge is 2.04. The van der Waals surface area contributed by atoms with Gasteiger partial charge in [0.15, 0.2) is 0 Å². The fourth-order valence-corrected chi connectivity index (χ4v) is 1.63. The molecule has 0 saturated carbocycles. The highest BCUT2D eigenvalue weighted by molar-refractivity contribution is 7.80. The molecule has 0 amide bonds. The number of anilines is 1. The molecule has 0 saturated heterocycles. The largest absolute Gasteiger partial charge is 0.393 e. The molecule has 1 aromatic rings. The summed E-state index contributed by atoms with van der Waals surface area (Å²) in [4.78, 5) is 2.87. The van der Waals surface area contributed by atoms with Crippen LogP contribution in [0.3, 0.4) is 0 Å². The molecule has 0 aromatic heterocycles. The first-order valence-corrected chi connectivity index (χ1v) is 5.64. The standard InChI is InChI=1S/C12H18N2S/c1-3-14(8-7-12(13)15)11-6-4-5-10(2)9-11/h4-6,9H,3,7-8H2,1-2H3,(H2,13,15). The third-order valence-corrected chi connectivity index (χ3v) is 2.58. The molecule has 2 nitrogen and oxygen atoms in total. The van der Waals surface area contributed by atoms with Crippen molar-refractivity contribution in [2.24, 2.45) is 5.73 Å². The summed E-state index contributed by atoms with van der Waals surface area (Å²) in [6.07, 6.45) is 0.775. The fraction of sp³-hybridized carbons (Fsp3) is 0.417. The lowest BCUT2D eigenvalue weighted by Crippen LogP contribution is -2.27. The third-order valence-electron chi connectivity index (χ3n) is 2.38. The second-order valence-electron chi connectivity index (χ2n) is 3.63. The topological polar surface area (TPSA) is 29.3 Å². The predicted molar refractivity (Wildman–Crippen MR) is 70.5 cm³/mol. The molecule has 2 N–H and O–H groups in total. The van der Waals surface area contributed by atoms with Crippen molar-refractivity contribution in [3.63, 3.8) is 0 Å². The Morgan fingerprint density at radius 3 is 2.73 bits per heavy atom. The maximum absolute atomic E-state index is 5.51. The van der Waals surface area contributed by atoms with Crippen molar-refractivity contribution in [1.82, 2.24) is 0 Å². The number of aryl methyl sites for hydroxylation is 1. The van der Waals surface area contributed by atoms with Gasteiger partial charge in [-0.3, -0.25) is 0 Å². The lowest BCUT2D eigenvalue weighted by atomic mass is 10.2. The Morgan fingerprint density at radius 1 is 1.47 bits per heavy atom. The summed E-state index contributed by atoms with van der Waals surface area (Å²) in [5.74, 6) is 0. The Kier molecular flexibility index (Phi) is 4.56. The van der Waals surface area contributed by atoms with Crippen molar-refractivity contribution in [2.45, 2.75) is 20.3 Å². The minimum atomic E-state index is 0.584. The predicted octanol–water partition coefficient (Wildman–Crippen LogP) is 2.50. The van der Waals surface area contributed by atoms with Gasteiger partial charge in [-0.15, -0.1) is 0 Å². The van der Waals surface area contributed by atoms with Crippen LogP contribution in [0, 0.1) is 6.92 Å². The summed E-state index contributed by atoms with van der Waals surface area (Å²) in [7, 11) is 0.